The Hall–Kier alpha value is -2.10. The first-order chi connectivity index (χ1) is 8.15. The Morgan fingerprint density at radius 1 is 1.35 bits per heavy atom. The van der Waals surface area contributed by atoms with Crippen molar-refractivity contribution in [2.75, 3.05) is 0 Å². The smallest absolute Gasteiger partial charge is 0.351 e. The highest BCUT2D eigenvalue weighted by Crippen LogP contribution is 2.26. The van der Waals surface area contributed by atoms with Gasteiger partial charge in [-0.25, -0.2) is 4.79 Å². The first kappa shape index (κ1) is 11.4. The molecule has 0 bridgehead atoms. The monoisotopic (exact) mass is 232 g/mol. The second-order valence-corrected chi connectivity index (χ2v) is 3.78. The third-order valence-electron chi connectivity index (χ3n) is 2.54. The summed E-state index contributed by atoms with van der Waals surface area (Å²) in [6.07, 6.45) is 0.835. The third kappa shape index (κ3) is 1.93. The SMILES string of the molecule is CCCC(=O)c1c(O)c2ccccc2oc1=O. The molecule has 0 aliphatic carbocycles. The fraction of sp³-hybridized carbons (Fsp3) is 0.231. The minimum absolute atomic E-state index is 0.219. The maximum absolute atomic E-state index is 11.7. The van der Waals surface area contributed by atoms with E-state index in [0.717, 1.165) is 0 Å². The first-order valence-corrected chi connectivity index (χ1v) is 5.43. The topological polar surface area (TPSA) is 67.5 Å². The van der Waals surface area contributed by atoms with Gasteiger partial charge in [-0.05, 0) is 18.6 Å². The van der Waals surface area contributed by atoms with Gasteiger partial charge in [0.1, 0.15) is 16.9 Å². The van der Waals surface area contributed by atoms with E-state index in [-0.39, 0.29) is 29.1 Å². The van der Waals surface area contributed by atoms with Crippen molar-refractivity contribution >= 4 is 16.8 Å². The zero-order valence-corrected chi connectivity index (χ0v) is 9.40. The number of ketones is 1. The van der Waals surface area contributed by atoms with Crippen molar-refractivity contribution in [2.24, 2.45) is 0 Å². The summed E-state index contributed by atoms with van der Waals surface area (Å²) in [6.45, 7) is 1.83. The van der Waals surface area contributed by atoms with Gasteiger partial charge in [0, 0.05) is 6.42 Å². The van der Waals surface area contributed by atoms with E-state index in [0.29, 0.717) is 11.8 Å². The van der Waals surface area contributed by atoms with Crippen LogP contribution in [0.5, 0.6) is 5.75 Å². The van der Waals surface area contributed by atoms with Crippen molar-refractivity contribution in [1.29, 1.82) is 0 Å². The Morgan fingerprint density at radius 2 is 2.06 bits per heavy atom. The number of Topliss-reactive ketones (excluding diaryl/α,β-unsaturated/α-hetero) is 1. The van der Waals surface area contributed by atoms with E-state index >= 15 is 0 Å². The predicted octanol–water partition coefficient (Wildman–Crippen LogP) is 2.48. The van der Waals surface area contributed by atoms with Crippen LogP contribution in [-0.4, -0.2) is 10.9 Å². The van der Waals surface area contributed by atoms with E-state index in [1.54, 1.807) is 24.3 Å². The molecule has 0 aliphatic heterocycles. The van der Waals surface area contributed by atoms with Gasteiger partial charge in [0.05, 0.1) is 5.39 Å². The number of fused-ring (bicyclic) bond motifs is 1. The van der Waals surface area contributed by atoms with Crippen LogP contribution in [0, 0.1) is 0 Å². The minimum Gasteiger partial charge on any atom is -0.506 e. The molecule has 1 aromatic carbocycles. The zero-order valence-electron chi connectivity index (χ0n) is 9.40. The van der Waals surface area contributed by atoms with Crippen LogP contribution in [0.2, 0.25) is 0 Å². The van der Waals surface area contributed by atoms with Crippen molar-refractivity contribution in [2.45, 2.75) is 19.8 Å². The molecule has 4 heteroatoms. The van der Waals surface area contributed by atoms with Crippen molar-refractivity contribution in [1.82, 2.24) is 0 Å². The van der Waals surface area contributed by atoms with Gasteiger partial charge in [-0.15, -0.1) is 0 Å². The molecule has 1 heterocycles. The summed E-state index contributed by atoms with van der Waals surface area (Å²) in [7, 11) is 0. The first-order valence-electron chi connectivity index (χ1n) is 5.43. The van der Waals surface area contributed by atoms with Crippen LogP contribution in [0.25, 0.3) is 11.0 Å². The number of hydrogen-bond acceptors (Lipinski definition) is 4. The molecule has 0 aliphatic rings. The number of carbonyl (C=O) groups excluding carboxylic acids is 1. The molecule has 0 saturated heterocycles. The van der Waals surface area contributed by atoms with Crippen LogP contribution in [0.1, 0.15) is 30.1 Å². The average Bonchev–Trinajstić information content (AvgIpc) is 2.29. The van der Waals surface area contributed by atoms with E-state index in [1.165, 1.54) is 0 Å². The van der Waals surface area contributed by atoms with Crippen LogP contribution in [0.15, 0.2) is 33.5 Å². The van der Waals surface area contributed by atoms with E-state index < -0.39 is 5.63 Å². The van der Waals surface area contributed by atoms with E-state index in [9.17, 15) is 14.7 Å². The molecular weight excluding hydrogens is 220 g/mol. The summed E-state index contributed by atoms with van der Waals surface area (Å²) in [5, 5.41) is 10.3. The molecular formula is C13H12O4. The lowest BCUT2D eigenvalue weighted by atomic mass is 10.1. The molecule has 1 N–H and O–H groups in total. The Balaban J connectivity index is 2.72. The van der Waals surface area contributed by atoms with Crippen molar-refractivity contribution in [3.63, 3.8) is 0 Å². The lowest BCUT2D eigenvalue weighted by molar-refractivity contribution is 0.0975. The summed E-state index contributed by atoms with van der Waals surface area (Å²) in [5.74, 6) is -0.667. The summed E-state index contributed by atoms with van der Waals surface area (Å²) in [4.78, 5) is 23.3. The standard InChI is InChI=1S/C13H12O4/c1-2-5-9(14)11-12(15)8-6-3-4-7-10(8)17-13(11)16/h3-4,6-7,15H,2,5H2,1H3. The maximum Gasteiger partial charge on any atom is 0.351 e. The molecule has 0 amide bonds. The number of rotatable bonds is 3. The van der Waals surface area contributed by atoms with Crippen LogP contribution in [0.4, 0.5) is 0 Å². The Kier molecular flexibility index (Phi) is 2.95. The van der Waals surface area contributed by atoms with Gasteiger partial charge in [-0.2, -0.15) is 0 Å². The number of para-hydroxylation sites is 1. The van der Waals surface area contributed by atoms with E-state index in [4.69, 9.17) is 4.42 Å². The Bertz CT molecular complexity index is 625. The Labute approximate surface area is 97.5 Å². The molecule has 0 unspecified atom stereocenters. The summed E-state index contributed by atoms with van der Waals surface area (Å²) < 4.78 is 5.00. The lowest BCUT2D eigenvalue weighted by Gasteiger charge is -2.04. The third-order valence-corrected chi connectivity index (χ3v) is 2.54. The quantitative estimate of drug-likeness (QED) is 0.652. The van der Waals surface area contributed by atoms with Crippen molar-refractivity contribution < 1.29 is 14.3 Å². The highest BCUT2D eigenvalue weighted by atomic mass is 16.4. The summed E-state index contributed by atoms with van der Waals surface area (Å²) in [5.41, 5.74) is -0.742. The molecule has 17 heavy (non-hydrogen) atoms. The van der Waals surface area contributed by atoms with Crippen molar-refractivity contribution in [3.05, 3.63) is 40.2 Å². The minimum atomic E-state index is -0.778. The number of hydrogen-bond donors (Lipinski definition) is 1. The molecule has 2 aromatic rings. The van der Waals surface area contributed by atoms with E-state index in [2.05, 4.69) is 0 Å². The van der Waals surface area contributed by atoms with Crippen LogP contribution in [-0.2, 0) is 0 Å². The fourth-order valence-corrected chi connectivity index (χ4v) is 1.73. The van der Waals surface area contributed by atoms with Crippen LogP contribution < -0.4 is 5.63 Å². The molecule has 1 aromatic heterocycles. The molecule has 0 atom stereocenters. The lowest BCUT2D eigenvalue weighted by Crippen LogP contribution is -2.14. The van der Waals surface area contributed by atoms with Gasteiger partial charge in [-0.3, -0.25) is 4.79 Å². The molecule has 88 valence electrons. The number of benzene rings is 1. The van der Waals surface area contributed by atoms with Gasteiger partial charge in [0.2, 0.25) is 0 Å². The highest BCUT2D eigenvalue weighted by Gasteiger charge is 2.19. The van der Waals surface area contributed by atoms with Gasteiger partial charge < -0.3 is 9.52 Å². The summed E-state index contributed by atoms with van der Waals surface area (Å²) >= 11 is 0. The highest BCUT2D eigenvalue weighted by molar-refractivity contribution is 6.02. The van der Waals surface area contributed by atoms with Gasteiger partial charge in [-0.1, -0.05) is 19.1 Å². The Morgan fingerprint density at radius 3 is 2.76 bits per heavy atom. The molecule has 0 radical (unpaired) electrons. The average molecular weight is 232 g/mol. The molecule has 0 saturated carbocycles. The van der Waals surface area contributed by atoms with Gasteiger partial charge >= 0.3 is 5.63 Å². The molecule has 0 spiro atoms. The van der Waals surface area contributed by atoms with Gasteiger partial charge in [0.15, 0.2) is 5.78 Å². The van der Waals surface area contributed by atoms with Gasteiger partial charge in [0.25, 0.3) is 0 Å². The predicted molar refractivity (Wildman–Crippen MR) is 63.4 cm³/mol. The van der Waals surface area contributed by atoms with Crippen molar-refractivity contribution in [3.8, 4) is 5.75 Å². The molecule has 4 nitrogen and oxygen atoms in total. The fourth-order valence-electron chi connectivity index (χ4n) is 1.73. The van der Waals surface area contributed by atoms with Crippen LogP contribution >= 0.6 is 0 Å². The molecule has 2 rings (SSSR count). The summed E-state index contributed by atoms with van der Waals surface area (Å²) in [6, 6.07) is 6.58. The maximum atomic E-state index is 11.7. The molecule has 0 fully saturated rings. The normalized spacial score (nSPS) is 10.6. The second kappa shape index (κ2) is 4.41. The number of carbonyl (C=O) groups is 1. The zero-order chi connectivity index (χ0) is 12.4. The van der Waals surface area contributed by atoms with E-state index in [1.807, 2.05) is 6.92 Å². The largest absolute Gasteiger partial charge is 0.506 e. The second-order valence-electron chi connectivity index (χ2n) is 3.78. The number of aromatic hydroxyl groups is 1. The van der Waals surface area contributed by atoms with Crippen LogP contribution in [0.3, 0.4) is 0 Å².